The minimum absolute atomic E-state index is 0.139. The number of aromatic nitrogens is 1. The van der Waals surface area contributed by atoms with Gasteiger partial charge in [0.05, 0.1) is 5.52 Å². The van der Waals surface area contributed by atoms with E-state index in [-0.39, 0.29) is 5.78 Å². The Morgan fingerprint density at radius 1 is 1.14 bits per heavy atom. The second kappa shape index (κ2) is 5.29. The van der Waals surface area contributed by atoms with Gasteiger partial charge < -0.3 is 4.57 Å². The molecule has 0 amide bonds. The van der Waals surface area contributed by atoms with Crippen molar-refractivity contribution in [3.63, 3.8) is 0 Å². The van der Waals surface area contributed by atoms with Crippen LogP contribution in [0.15, 0.2) is 48.7 Å². The Bertz CT molecular complexity index is 861. The van der Waals surface area contributed by atoms with Crippen LogP contribution in [0.5, 0.6) is 0 Å². The highest BCUT2D eigenvalue weighted by Gasteiger charge is 2.17. The Labute approximate surface area is 134 Å². The van der Waals surface area contributed by atoms with Gasteiger partial charge in [-0.05, 0) is 48.2 Å². The average Bonchev–Trinajstić information content (AvgIpc) is 2.88. The number of halogens is 1. The number of benzene rings is 2. The van der Waals surface area contributed by atoms with Crippen LogP contribution in [0, 0.1) is 0 Å². The molecule has 0 saturated carbocycles. The van der Waals surface area contributed by atoms with Crippen molar-refractivity contribution in [2.45, 2.75) is 25.8 Å². The molecule has 1 aliphatic rings. The van der Waals surface area contributed by atoms with Crippen LogP contribution in [0.1, 0.15) is 27.9 Å². The highest BCUT2D eigenvalue weighted by molar-refractivity contribution is 6.30. The average molecular weight is 310 g/mol. The number of nitrogens with zero attached hydrogens (tertiary/aromatic N) is 1. The van der Waals surface area contributed by atoms with E-state index in [0.717, 1.165) is 24.1 Å². The van der Waals surface area contributed by atoms with Crippen molar-refractivity contribution in [2.24, 2.45) is 0 Å². The van der Waals surface area contributed by atoms with Crippen LogP contribution < -0.4 is 0 Å². The zero-order chi connectivity index (χ0) is 15.1. The van der Waals surface area contributed by atoms with Gasteiger partial charge in [-0.2, -0.15) is 0 Å². The van der Waals surface area contributed by atoms with E-state index in [1.54, 1.807) is 24.3 Å². The van der Waals surface area contributed by atoms with E-state index >= 15 is 0 Å². The molecule has 2 heterocycles. The summed E-state index contributed by atoms with van der Waals surface area (Å²) < 4.78 is 2.30. The van der Waals surface area contributed by atoms with Gasteiger partial charge in [-0.3, -0.25) is 4.79 Å². The third-order valence-corrected chi connectivity index (χ3v) is 4.68. The molecular formula is C19H16ClNO. The number of rotatable bonds is 3. The Kier molecular flexibility index (Phi) is 3.27. The number of para-hydroxylation sites is 1. The number of carbonyl (C=O) groups is 1. The number of aryl methyl sites for hydroxylation is 2. The molecule has 2 aromatic carbocycles. The van der Waals surface area contributed by atoms with Crippen LogP contribution in [0.2, 0.25) is 5.02 Å². The van der Waals surface area contributed by atoms with Crippen LogP contribution in [0.4, 0.5) is 0 Å². The topological polar surface area (TPSA) is 22.0 Å². The summed E-state index contributed by atoms with van der Waals surface area (Å²) in [4.78, 5) is 12.5. The lowest BCUT2D eigenvalue weighted by Gasteiger charge is -2.14. The van der Waals surface area contributed by atoms with Gasteiger partial charge in [0.2, 0.25) is 0 Å². The molecule has 0 N–H and O–H groups in total. The number of hydrogen-bond acceptors (Lipinski definition) is 1. The first-order valence-electron chi connectivity index (χ1n) is 7.61. The Hall–Kier alpha value is -2.06. The molecule has 2 nitrogen and oxygen atoms in total. The molecule has 0 atom stereocenters. The normalized spacial score (nSPS) is 13.5. The number of hydrogen-bond donors (Lipinski definition) is 0. The Morgan fingerprint density at radius 3 is 2.77 bits per heavy atom. The molecular weight excluding hydrogens is 294 g/mol. The van der Waals surface area contributed by atoms with Gasteiger partial charge in [0.15, 0.2) is 5.78 Å². The molecule has 110 valence electrons. The standard InChI is InChI=1S/C19H16ClNO/c20-16-8-6-13(7-9-16)18(22)11-15-12-21-10-2-4-14-3-1-5-17(15)19(14)21/h1,3,5-9,12H,2,4,10-11H2. The summed E-state index contributed by atoms with van der Waals surface area (Å²) in [6, 6.07) is 13.6. The van der Waals surface area contributed by atoms with Gasteiger partial charge in [-0.1, -0.05) is 29.8 Å². The van der Waals surface area contributed by atoms with Gasteiger partial charge in [0.25, 0.3) is 0 Å². The Balaban J connectivity index is 1.72. The Morgan fingerprint density at radius 2 is 1.95 bits per heavy atom. The molecule has 0 fully saturated rings. The molecule has 3 heteroatoms. The summed E-state index contributed by atoms with van der Waals surface area (Å²) in [5, 5.41) is 1.88. The number of carbonyl (C=O) groups excluding carboxylic acids is 1. The number of ketones is 1. The van der Waals surface area contributed by atoms with Crippen LogP contribution in [-0.2, 0) is 19.4 Å². The van der Waals surface area contributed by atoms with Crippen molar-refractivity contribution in [1.29, 1.82) is 0 Å². The predicted molar refractivity (Wildman–Crippen MR) is 89.7 cm³/mol. The lowest BCUT2D eigenvalue weighted by molar-refractivity contribution is 0.0993. The summed E-state index contributed by atoms with van der Waals surface area (Å²) in [7, 11) is 0. The van der Waals surface area contributed by atoms with Gasteiger partial charge in [0, 0.05) is 35.1 Å². The SMILES string of the molecule is O=C(Cc1cn2c3c(cccc13)CCC2)c1ccc(Cl)cc1. The molecule has 3 aromatic rings. The second-order valence-electron chi connectivity index (χ2n) is 5.87. The third kappa shape index (κ3) is 2.24. The molecule has 0 spiro atoms. The van der Waals surface area contributed by atoms with E-state index in [1.165, 1.54) is 22.9 Å². The summed E-state index contributed by atoms with van der Waals surface area (Å²) in [5.41, 5.74) is 4.55. The van der Waals surface area contributed by atoms with Gasteiger partial charge in [0.1, 0.15) is 0 Å². The summed E-state index contributed by atoms with van der Waals surface area (Å²) in [5.74, 6) is 0.139. The highest BCUT2D eigenvalue weighted by atomic mass is 35.5. The van der Waals surface area contributed by atoms with E-state index in [0.29, 0.717) is 11.4 Å². The summed E-state index contributed by atoms with van der Waals surface area (Å²) in [6.07, 6.45) is 4.90. The lowest BCUT2D eigenvalue weighted by Crippen LogP contribution is -2.05. The van der Waals surface area contributed by atoms with Crippen molar-refractivity contribution in [1.82, 2.24) is 4.57 Å². The van der Waals surface area contributed by atoms with Crippen LogP contribution in [0.25, 0.3) is 10.9 Å². The van der Waals surface area contributed by atoms with Gasteiger partial charge in [-0.25, -0.2) is 0 Å². The second-order valence-corrected chi connectivity index (χ2v) is 6.31. The molecule has 4 rings (SSSR count). The number of Topliss-reactive ketones (excluding diaryl/α,β-unsaturated/α-hetero) is 1. The molecule has 1 aromatic heterocycles. The maximum atomic E-state index is 12.5. The highest BCUT2D eigenvalue weighted by Crippen LogP contribution is 2.30. The maximum absolute atomic E-state index is 12.5. The van der Waals surface area contributed by atoms with Crippen molar-refractivity contribution in [2.75, 3.05) is 0 Å². The summed E-state index contributed by atoms with van der Waals surface area (Å²) >= 11 is 5.89. The van der Waals surface area contributed by atoms with E-state index in [2.05, 4.69) is 29.0 Å². The first-order valence-corrected chi connectivity index (χ1v) is 7.98. The summed E-state index contributed by atoms with van der Waals surface area (Å²) in [6.45, 7) is 1.04. The van der Waals surface area contributed by atoms with E-state index in [4.69, 9.17) is 11.6 Å². The quantitative estimate of drug-likeness (QED) is 0.645. The zero-order valence-corrected chi connectivity index (χ0v) is 12.9. The smallest absolute Gasteiger partial charge is 0.167 e. The molecule has 1 aliphatic heterocycles. The monoisotopic (exact) mass is 309 g/mol. The fraction of sp³-hybridized carbons (Fsp3) is 0.211. The van der Waals surface area contributed by atoms with Gasteiger partial charge >= 0.3 is 0 Å². The molecule has 22 heavy (non-hydrogen) atoms. The first-order chi connectivity index (χ1) is 10.7. The van der Waals surface area contributed by atoms with E-state index < -0.39 is 0 Å². The minimum atomic E-state index is 0.139. The lowest BCUT2D eigenvalue weighted by atomic mass is 9.99. The van der Waals surface area contributed by atoms with Crippen molar-refractivity contribution in [3.8, 4) is 0 Å². The fourth-order valence-electron chi connectivity index (χ4n) is 3.38. The molecule has 0 unspecified atom stereocenters. The van der Waals surface area contributed by atoms with E-state index in [1.807, 2.05) is 0 Å². The predicted octanol–water partition coefficient (Wildman–Crippen LogP) is 4.67. The van der Waals surface area contributed by atoms with Crippen LogP contribution >= 0.6 is 11.6 Å². The molecule has 0 bridgehead atoms. The minimum Gasteiger partial charge on any atom is -0.347 e. The van der Waals surface area contributed by atoms with E-state index in [9.17, 15) is 4.79 Å². The van der Waals surface area contributed by atoms with Crippen LogP contribution in [0.3, 0.4) is 0 Å². The van der Waals surface area contributed by atoms with Crippen molar-refractivity contribution >= 4 is 28.3 Å². The van der Waals surface area contributed by atoms with Gasteiger partial charge in [-0.15, -0.1) is 0 Å². The maximum Gasteiger partial charge on any atom is 0.167 e. The largest absolute Gasteiger partial charge is 0.347 e. The zero-order valence-electron chi connectivity index (χ0n) is 12.2. The first kappa shape index (κ1) is 13.6. The van der Waals surface area contributed by atoms with Crippen molar-refractivity contribution in [3.05, 3.63) is 70.4 Å². The van der Waals surface area contributed by atoms with Crippen LogP contribution in [-0.4, -0.2) is 10.4 Å². The fourth-order valence-corrected chi connectivity index (χ4v) is 3.51. The molecule has 0 aliphatic carbocycles. The van der Waals surface area contributed by atoms with Crippen molar-refractivity contribution < 1.29 is 4.79 Å². The third-order valence-electron chi connectivity index (χ3n) is 4.43. The molecule has 0 saturated heterocycles. The molecule has 0 radical (unpaired) electrons.